The number of ether oxygens (including phenoxy) is 2. The van der Waals surface area contributed by atoms with Crippen LogP contribution in [-0.4, -0.2) is 23.3 Å². The van der Waals surface area contributed by atoms with Gasteiger partial charge in [0, 0.05) is 6.20 Å². The topological polar surface area (TPSA) is 51.6 Å². The SMILES string of the molecule is CCOc1ccc(C(O)c2ccccn2)cc1OCC. The van der Waals surface area contributed by atoms with Crippen LogP contribution in [0.4, 0.5) is 0 Å². The molecular formula is C16H19NO3. The van der Waals surface area contributed by atoms with E-state index in [0.29, 0.717) is 30.4 Å². The van der Waals surface area contributed by atoms with E-state index in [1.54, 1.807) is 18.3 Å². The average molecular weight is 273 g/mol. The summed E-state index contributed by atoms with van der Waals surface area (Å²) in [7, 11) is 0. The largest absolute Gasteiger partial charge is 0.490 e. The summed E-state index contributed by atoms with van der Waals surface area (Å²) in [5.74, 6) is 1.33. The number of hydrogen-bond acceptors (Lipinski definition) is 4. The van der Waals surface area contributed by atoms with Gasteiger partial charge in [0.15, 0.2) is 11.5 Å². The number of aromatic nitrogens is 1. The third-order valence-corrected chi connectivity index (χ3v) is 2.85. The summed E-state index contributed by atoms with van der Waals surface area (Å²) in [6, 6.07) is 10.9. The zero-order chi connectivity index (χ0) is 14.4. The molecule has 0 aliphatic rings. The second-order valence-electron chi connectivity index (χ2n) is 4.23. The molecule has 0 saturated carbocycles. The molecule has 1 aromatic heterocycles. The highest BCUT2D eigenvalue weighted by atomic mass is 16.5. The molecule has 1 heterocycles. The van der Waals surface area contributed by atoms with Gasteiger partial charge in [-0.05, 0) is 43.7 Å². The maximum atomic E-state index is 10.3. The minimum Gasteiger partial charge on any atom is -0.490 e. The smallest absolute Gasteiger partial charge is 0.161 e. The van der Waals surface area contributed by atoms with E-state index in [4.69, 9.17) is 9.47 Å². The first kappa shape index (κ1) is 14.3. The van der Waals surface area contributed by atoms with Crippen LogP contribution >= 0.6 is 0 Å². The fraction of sp³-hybridized carbons (Fsp3) is 0.312. The van der Waals surface area contributed by atoms with Gasteiger partial charge < -0.3 is 14.6 Å². The number of aliphatic hydroxyl groups excluding tert-OH is 1. The van der Waals surface area contributed by atoms with E-state index in [0.717, 1.165) is 5.56 Å². The van der Waals surface area contributed by atoms with Gasteiger partial charge in [-0.3, -0.25) is 4.98 Å². The minimum atomic E-state index is -0.772. The van der Waals surface area contributed by atoms with Crippen LogP contribution in [0.25, 0.3) is 0 Å². The second kappa shape index (κ2) is 6.91. The van der Waals surface area contributed by atoms with Crippen LogP contribution < -0.4 is 9.47 Å². The quantitative estimate of drug-likeness (QED) is 0.879. The summed E-state index contributed by atoms with van der Waals surface area (Å²) in [5.41, 5.74) is 1.34. The highest BCUT2D eigenvalue weighted by Gasteiger charge is 2.14. The van der Waals surface area contributed by atoms with E-state index in [-0.39, 0.29) is 0 Å². The summed E-state index contributed by atoms with van der Waals surface area (Å²) in [4.78, 5) is 4.17. The predicted molar refractivity (Wildman–Crippen MR) is 77.1 cm³/mol. The van der Waals surface area contributed by atoms with Crippen molar-refractivity contribution < 1.29 is 14.6 Å². The van der Waals surface area contributed by atoms with Gasteiger partial charge in [0.2, 0.25) is 0 Å². The van der Waals surface area contributed by atoms with Crippen molar-refractivity contribution in [3.63, 3.8) is 0 Å². The Morgan fingerprint density at radius 2 is 1.80 bits per heavy atom. The average Bonchev–Trinajstić information content (AvgIpc) is 2.50. The molecule has 0 saturated heterocycles. The Morgan fingerprint density at radius 1 is 1.05 bits per heavy atom. The molecule has 0 aliphatic carbocycles. The van der Waals surface area contributed by atoms with Crippen LogP contribution in [0.15, 0.2) is 42.6 Å². The Kier molecular flexibility index (Phi) is 4.96. The molecule has 0 aliphatic heterocycles. The van der Waals surface area contributed by atoms with Gasteiger partial charge in [0.05, 0.1) is 18.9 Å². The Morgan fingerprint density at radius 3 is 2.45 bits per heavy atom. The summed E-state index contributed by atoms with van der Waals surface area (Å²) < 4.78 is 11.1. The van der Waals surface area contributed by atoms with Crippen molar-refractivity contribution in [1.82, 2.24) is 4.98 Å². The highest BCUT2D eigenvalue weighted by molar-refractivity contribution is 5.44. The van der Waals surface area contributed by atoms with Crippen molar-refractivity contribution >= 4 is 0 Å². The van der Waals surface area contributed by atoms with Gasteiger partial charge in [-0.25, -0.2) is 0 Å². The molecule has 1 unspecified atom stereocenters. The summed E-state index contributed by atoms with van der Waals surface area (Å²) in [6.45, 7) is 4.95. The number of rotatable bonds is 6. The lowest BCUT2D eigenvalue weighted by molar-refractivity contribution is 0.214. The van der Waals surface area contributed by atoms with E-state index in [1.807, 2.05) is 38.1 Å². The fourth-order valence-corrected chi connectivity index (χ4v) is 1.95. The standard InChI is InChI=1S/C16H19NO3/c1-3-19-14-9-8-12(11-15(14)20-4-2)16(18)13-7-5-6-10-17-13/h5-11,16,18H,3-4H2,1-2H3. The third kappa shape index (κ3) is 3.27. The number of pyridine rings is 1. The van der Waals surface area contributed by atoms with E-state index in [2.05, 4.69) is 4.98 Å². The lowest BCUT2D eigenvalue weighted by Gasteiger charge is -2.15. The summed E-state index contributed by atoms with van der Waals surface area (Å²) in [5, 5.41) is 10.3. The van der Waals surface area contributed by atoms with Gasteiger partial charge >= 0.3 is 0 Å². The van der Waals surface area contributed by atoms with E-state index < -0.39 is 6.10 Å². The number of benzene rings is 1. The maximum absolute atomic E-state index is 10.3. The van der Waals surface area contributed by atoms with Crippen LogP contribution in [0.1, 0.15) is 31.2 Å². The molecule has 0 fully saturated rings. The minimum absolute atomic E-state index is 0.545. The third-order valence-electron chi connectivity index (χ3n) is 2.85. The molecule has 20 heavy (non-hydrogen) atoms. The molecule has 1 atom stereocenters. The summed E-state index contributed by atoms with van der Waals surface area (Å²) >= 11 is 0. The van der Waals surface area contributed by atoms with E-state index >= 15 is 0 Å². The number of aliphatic hydroxyl groups is 1. The lowest BCUT2D eigenvalue weighted by Crippen LogP contribution is -2.04. The van der Waals surface area contributed by atoms with Crippen LogP contribution in [-0.2, 0) is 0 Å². The van der Waals surface area contributed by atoms with Crippen molar-refractivity contribution in [3.05, 3.63) is 53.9 Å². The fourth-order valence-electron chi connectivity index (χ4n) is 1.95. The van der Waals surface area contributed by atoms with Crippen molar-refractivity contribution in [2.24, 2.45) is 0 Å². The molecule has 4 nitrogen and oxygen atoms in total. The van der Waals surface area contributed by atoms with Gasteiger partial charge in [0.25, 0.3) is 0 Å². The van der Waals surface area contributed by atoms with Crippen LogP contribution in [0.5, 0.6) is 11.5 Å². The molecule has 0 bridgehead atoms. The second-order valence-corrected chi connectivity index (χ2v) is 4.23. The van der Waals surface area contributed by atoms with Crippen molar-refractivity contribution in [3.8, 4) is 11.5 Å². The van der Waals surface area contributed by atoms with Gasteiger partial charge in [-0.2, -0.15) is 0 Å². The Bertz CT molecular complexity index is 543. The van der Waals surface area contributed by atoms with Crippen molar-refractivity contribution in [2.75, 3.05) is 13.2 Å². The van der Waals surface area contributed by atoms with Crippen LogP contribution in [0, 0.1) is 0 Å². The van der Waals surface area contributed by atoms with Gasteiger partial charge in [0.1, 0.15) is 6.10 Å². The number of nitrogens with zero attached hydrogens (tertiary/aromatic N) is 1. The first-order valence-electron chi connectivity index (χ1n) is 6.74. The molecule has 0 amide bonds. The molecule has 4 heteroatoms. The molecule has 2 rings (SSSR count). The van der Waals surface area contributed by atoms with Gasteiger partial charge in [-0.15, -0.1) is 0 Å². The Hall–Kier alpha value is -2.07. The van der Waals surface area contributed by atoms with Crippen molar-refractivity contribution in [1.29, 1.82) is 0 Å². The predicted octanol–water partition coefficient (Wildman–Crippen LogP) is 2.96. The molecule has 0 spiro atoms. The number of hydrogen-bond donors (Lipinski definition) is 1. The zero-order valence-corrected chi connectivity index (χ0v) is 11.7. The van der Waals surface area contributed by atoms with E-state index in [9.17, 15) is 5.11 Å². The Labute approximate surface area is 119 Å². The molecular weight excluding hydrogens is 254 g/mol. The monoisotopic (exact) mass is 273 g/mol. The highest BCUT2D eigenvalue weighted by Crippen LogP contribution is 2.32. The zero-order valence-electron chi connectivity index (χ0n) is 11.7. The molecule has 106 valence electrons. The lowest BCUT2D eigenvalue weighted by atomic mass is 10.1. The molecule has 2 aromatic rings. The maximum Gasteiger partial charge on any atom is 0.161 e. The Balaban J connectivity index is 2.30. The summed E-state index contributed by atoms with van der Waals surface area (Å²) in [6.07, 6.45) is 0.891. The van der Waals surface area contributed by atoms with Crippen LogP contribution in [0.3, 0.4) is 0 Å². The van der Waals surface area contributed by atoms with Crippen molar-refractivity contribution in [2.45, 2.75) is 20.0 Å². The van der Waals surface area contributed by atoms with E-state index in [1.165, 1.54) is 0 Å². The first-order chi connectivity index (χ1) is 9.76. The molecule has 1 N–H and O–H groups in total. The van der Waals surface area contributed by atoms with Gasteiger partial charge in [-0.1, -0.05) is 12.1 Å². The first-order valence-corrected chi connectivity index (χ1v) is 6.74. The molecule has 1 aromatic carbocycles. The normalized spacial score (nSPS) is 11.9. The van der Waals surface area contributed by atoms with Crippen LogP contribution in [0.2, 0.25) is 0 Å². The molecule has 0 radical (unpaired) electrons.